The molecule has 0 aromatic carbocycles. The molecule has 1 aliphatic rings. The average molecular weight is 318 g/mol. The highest BCUT2D eigenvalue weighted by molar-refractivity contribution is 5.82. The molecule has 0 saturated carbocycles. The molecule has 23 heavy (non-hydrogen) atoms. The van der Waals surface area contributed by atoms with Crippen LogP contribution in [0.4, 0.5) is 0 Å². The van der Waals surface area contributed by atoms with Crippen molar-refractivity contribution in [1.29, 1.82) is 0 Å². The van der Waals surface area contributed by atoms with Gasteiger partial charge in [-0.25, -0.2) is 9.97 Å². The zero-order valence-electron chi connectivity index (χ0n) is 13.4. The maximum absolute atomic E-state index is 13.1. The van der Waals surface area contributed by atoms with E-state index in [0.29, 0.717) is 13.1 Å². The highest BCUT2D eigenvalue weighted by Gasteiger charge is 2.31. The molecule has 3 rings (SSSR count). The summed E-state index contributed by atoms with van der Waals surface area (Å²) >= 11 is 0. The number of likely N-dealkylation sites (N-methyl/N-ethyl adjacent to an activating group) is 1. The number of hydrogen-bond donors (Lipinski definition) is 0. The van der Waals surface area contributed by atoms with Crippen LogP contribution in [0.2, 0.25) is 0 Å². The molecule has 0 radical (unpaired) electrons. The number of rotatable bonds is 6. The van der Waals surface area contributed by atoms with Crippen molar-refractivity contribution in [3.05, 3.63) is 36.7 Å². The van der Waals surface area contributed by atoms with E-state index in [1.54, 1.807) is 17.4 Å². The summed E-state index contributed by atoms with van der Waals surface area (Å²) in [6, 6.07) is -0.0625. The fourth-order valence-corrected chi connectivity index (χ4v) is 3.09. The third-order valence-electron chi connectivity index (χ3n) is 4.29. The van der Waals surface area contributed by atoms with E-state index in [-0.39, 0.29) is 11.9 Å². The van der Waals surface area contributed by atoms with E-state index in [1.165, 1.54) is 12.8 Å². The highest BCUT2D eigenvalue weighted by atomic mass is 16.3. The van der Waals surface area contributed by atoms with Gasteiger partial charge in [0.05, 0.1) is 30.5 Å². The van der Waals surface area contributed by atoms with E-state index in [9.17, 15) is 4.79 Å². The predicted octanol–water partition coefficient (Wildman–Crippen LogP) is 2.07. The van der Waals surface area contributed by atoms with Gasteiger partial charge < -0.3 is 13.7 Å². The number of hydrogen-bond acceptors (Lipinski definition) is 6. The van der Waals surface area contributed by atoms with Crippen molar-refractivity contribution in [3.63, 3.8) is 0 Å². The molecule has 1 fully saturated rings. The summed E-state index contributed by atoms with van der Waals surface area (Å²) in [5, 5.41) is 0. The molecule has 7 heteroatoms. The molecule has 7 nitrogen and oxygen atoms in total. The third-order valence-corrected chi connectivity index (χ3v) is 4.29. The number of likely N-dealkylation sites (tertiary alicyclic amines) is 1. The molecule has 2 aromatic heterocycles. The van der Waals surface area contributed by atoms with Gasteiger partial charge in [0.2, 0.25) is 5.91 Å². The second-order valence-corrected chi connectivity index (χ2v) is 5.79. The summed E-state index contributed by atoms with van der Waals surface area (Å²) in [4.78, 5) is 25.4. The van der Waals surface area contributed by atoms with Gasteiger partial charge in [-0.1, -0.05) is 13.3 Å². The Balaban J connectivity index is 1.76. The van der Waals surface area contributed by atoms with Gasteiger partial charge in [0.15, 0.2) is 12.8 Å². The lowest BCUT2D eigenvalue weighted by molar-refractivity contribution is -0.139. The topological polar surface area (TPSA) is 75.6 Å². The molecule has 0 bridgehead atoms. The van der Waals surface area contributed by atoms with E-state index in [4.69, 9.17) is 8.83 Å². The van der Waals surface area contributed by atoms with E-state index < -0.39 is 0 Å². The maximum atomic E-state index is 13.1. The molecule has 0 aliphatic carbocycles. The van der Waals surface area contributed by atoms with Crippen LogP contribution in [0, 0.1) is 0 Å². The maximum Gasteiger partial charge on any atom is 0.240 e. The quantitative estimate of drug-likeness (QED) is 0.811. The number of carbonyl (C=O) groups is 1. The summed E-state index contributed by atoms with van der Waals surface area (Å²) in [5.74, 6) is 0.123. The molecule has 2 aromatic rings. The SMILES string of the molecule is CCN1CCCCC1C(=O)N(Cc1cocn1)Cc1cocn1. The molecule has 1 atom stereocenters. The highest BCUT2D eigenvalue weighted by Crippen LogP contribution is 2.20. The lowest BCUT2D eigenvalue weighted by Crippen LogP contribution is -2.50. The van der Waals surface area contributed by atoms with E-state index >= 15 is 0 Å². The Hall–Kier alpha value is -2.15. The fourth-order valence-electron chi connectivity index (χ4n) is 3.09. The number of carbonyl (C=O) groups excluding carboxylic acids is 1. The first kappa shape index (κ1) is 15.7. The van der Waals surface area contributed by atoms with Gasteiger partial charge in [0.1, 0.15) is 12.5 Å². The van der Waals surface area contributed by atoms with Crippen LogP contribution in [-0.4, -0.2) is 44.8 Å². The second-order valence-electron chi connectivity index (χ2n) is 5.79. The Bertz CT molecular complexity index is 561. The minimum atomic E-state index is -0.0625. The normalized spacial score (nSPS) is 18.9. The van der Waals surface area contributed by atoms with Crippen LogP contribution < -0.4 is 0 Å². The van der Waals surface area contributed by atoms with Gasteiger partial charge in [-0.15, -0.1) is 0 Å². The van der Waals surface area contributed by atoms with Crippen molar-refractivity contribution in [3.8, 4) is 0 Å². The average Bonchev–Trinajstić information content (AvgIpc) is 3.27. The van der Waals surface area contributed by atoms with E-state index in [0.717, 1.165) is 43.7 Å². The number of piperidine rings is 1. The van der Waals surface area contributed by atoms with Crippen molar-refractivity contribution in [2.45, 2.75) is 45.3 Å². The minimum absolute atomic E-state index is 0.0625. The first-order valence-electron chi connectivity index (χ1n) is 8.05. The molecule has 124 valence electrons. The summed E-state index contributed by atoms with van der Waals surface area (Å²) in [6.45, 7) is 4.80. The van der Waals surface area contributed by atoms with Crippen LogP contribution in [-0.2, 0) is 17.9 Å². The molecule has 1 amide bonds. The Morgan fingerprint density at radius 1 is 1.22 bits per heavy atom. The molecule has 1 saturated heterocycles. The van der Waals surface area contributed by atoms with Gasteiger partial charge in [0, 0.05) is 0 Å². The van der Waals surface area contributed by atoms with E-state index in [1.807, 2.05) is 0 Å². The van der Waals surface area contributed by atoms with Crippen molar-refractivity contribution in [2.24, 2.45) is 0 Å². The summed E-state index contributed by atoms with van der Waals surface area (Å²) in [5.41, 5.74) is 1.47. The Kier molecular flexibility index (Phi) is 5.07. The molecule has 0 N–H and O–H groups in total. The molecule has 3 heterocycles. The van der Waals surface area contributed by atoms with Gasteiger partial charge >= 0.3 is 0 Å². The first-order valence-corrected chi connectivity index (χ1v) is 8.05. The fraction of sp³-hybridized carbons (Fsp3) is 0.562. The standard InChI is InChI=1S/C16H22N4O3/c1-2-19-6-4-3-5-15(19)16(21)20(7-13-9-22-11-17-13)8-14-10-23-12-18-14/h9-12,15H,2-8H2,1H3. The Labute approximate surface area is 135 Å². The van der Waals surface area contributed by atoms with Crippen LogP contribution in [0.3, 0.4) is 0 Å². The van der Waals surface area contributed by atoms with Crippen LogP contribution in [0.25, 0.3) is 0 Å². The minimum Gasteiger partial charge on any atom is -0.451 e. The summed E-state index contributed by atoms with van der Waals surface area (Å²) in [7, 11) is 0. The molecular weight excluding hydrogens is 296 g/mol. The number of oxazole rings is 2. The summed E-state index contributed by atoms with van der Waals surface area (Å²) < 4.78 is 10.0. The molecule has 1 unspecified atom stereocenters. The third kappa shape index (κ3) is 3.79. The Morgan fingerprint density at radius 2 is 1.87 bits per heavy atom. The van der Waals surface area contributed by atoms with Crippen molar-refractivity contribution < 1.29 is 13.6 Å². The largest absolute Gasteiger partial charge is 0.451 e. The summed E-state index contributed by atoms with van der Waals surface area (Å²) in [6.07, 6.45) is 9.06. The monoisotopic (exact) mass is 318 g/mol. The van der Waals surface area contributed by atoms with E-state index in [2.05, 4.69) is 21.8 Å². The molecule has 1 aliphatic heterocycles. The van der Waals surface area contributed by atoms with Crippen LogP contribution in [0.1, 0.15) is 37.6 Å². The van der Waals surface area contributed by atoms with Gasteiger partial charge in [-0.2, -0.15) is 0 Å². The van der Waals surface area contributed by atoms with Crippen LogP contribution in [0.5, 0.6) is 0 Å². The number of aromatic nitrogens is 2. The second kappa shape index (κ2) is 7.41. The zero-order chi connectivity index (χ0) is 16.1. The van der Waals surface area contributed by atoms with Crippen molar-refractivity contribution in [2.75, 3.05) is 13.1 Å². The van der Waals surface area contributed by atoms with Crippen LogP contribution >= 0.6 is 0 Å². The van der Waals surface area contributed by atoms with Crippen molar-refractivity contribution in [1.82, 2.24) is 19.8 Å². The van der Waals surface area contributed by atoms with Gasteiger partial charge in [-0.3, -0.25) is 9.69 Å². The zero-order valence-corrected chi connectivity index (χ0v) is 13.4. The lowest BCUT2D eigenvalue weighted by atomic mass is 10.0. The lowest BCUT2D eigenvalue weighted by Gasteiger charge is -2.36. The van der Waals surface area contributed by atoms with Crippen molar-refractivity contribution >= 4 is 5.91 Å². The van der Waals surface area contributed by atoms with Crippen LogP contribution in [0.15, 0.2) is 34.1 Å². The number of amides is 1. The predicted molar refractivity (Wildman–Crippen MR) is 82.1 cm³/mol. The Morgan fingerprint density at radius 3 is 2.39 bits per heavy atom. The van der Waals surface area contributed by atoms with Gasteiger partial charge in [0.25, 0.3) is 0 Å². The smallest absolute Gasteiger partial charge is 0.240 e. The first-order chi connectivity index (χ1) is 11.3. The van der Waals surface area contributed by atoms with Gasteiger partial charge in [-0.05, 0) is 25.9 Å². The molecule has 0 spiro atoms. The number of nitrogens with zero attached hydrogens (tertiary/aromatic N) is 4. The molecular formula is C16H22N4O3.